The van der Waals surface area contributed by atoms with Crippen molar-refractivity contribution in [3.05, 3.63) is 70.8 Å². The Morgan fingerprint density at radius 1 is 0.667 bits per heavy atom. The van der Waals surface area contributed by atoms with Crippen LogP contribution in [-0.4, -0.2) is 41.7 Å². The zero-order valence-electron chi connectivity index (χ0n) is 16.2. The van der Waals surface area contributed by atoms with Crippen molar-refractivity contribution in [3.8, 4) is 0 Å². The van der Waals surface area contributed by atoms with Gasteiger partial charge in [-0.25, -0.2) is 4.79 Å². The molecule has 0 radical (unpaired) electrons. The van der Waals surface area contributed by atoms with Crippen LogP contribution in [0.15, 0.2) is 48.5 Å². The fourth-order valence-electron chi connectivity index (χ4n) is 3.61. The molecule has 5 heteroatoms. The molecule has 4 amide bonds. The van der Waals surface area contributed by atoms with E-state index >= 15 is 0 Å². The number of imide groups is 2. The van der Waals surface area contributed by atoms with Gasteiger partial charge in [-0.05, 0) is 37.8 Å². The van der Waals surface area contributed by atoms with Crippen molar-refractivity contribution in [2.24, 2.45) is 5.41 Å². The zero-order chi connectivity index (χ0) is 19.8. The van der Waals surface area contributed by atoms with Crippen molar-refractivity contribution in [1.82, 2.24) is 9.80 Å². The first-order chi connectivity index (χ1) is 12.7. The molecule has 1 fully saturated rings. The van der Waals surface area contributed by atoms with Crippen LogP contribution < -0.4 is 0 Å². The molecule has 140 valence electrons. The average molecular weight is 364 g/mol. The standard InChI is InChI=1S/C22H24N2O3/c1-15-5-9-17(10-6-15)13-22(14-18-11-7-16(2)8-12-18)19(25)23(3)21(27)24(4)20(22)26/h5-12H,13-14H2,1-4H3. The number of nitrogens with zero attached hydrogens (tertiary/aromatic N) is 2. The van der Waals surface area contributed by atoms with Crippen LogP contribution >= 0.6 is 0 Å². The smallest absolute Gasteiger partial charge is 0.273 e. The van der Waals surface area contributed by atoms with E-state index in [1.165, 1.54) is 14.1 Å². The number of urea groups is 1. The molecule has 0 spiro atoms. The second kappa shape index (κ2) is 6.99. The monoisotopic (exact) mass is 364 g/mol. The Hall–Kier alpha value is -2.95. The topological polar surface area (TPSA) is 57.7 Å². The van der Waals surface area contributed by atoms with Gasteiger partial charge >= 0.3 is 6.03 Å². The fraction of sp³-hybridized carbons (Fsp3) is 0.318. The first-order valence-corrected chi connectivity index (χ1v) is 8.96. The average Bonchev–Trinajstić information content (AvgIpc) is 2.67. The molecule has 27 heavy (non-hydrogen) atoms. The summed E-state index contributed by atoms with van der Waals surface area (Å²) in [7, 11) is 2.87. The van der Waals surface area contributed by atoms with E-state index in [-0.39, 0.29) is 12.8 Å². The summed E-state index contributed by atoms with van der Waals surface area (Å²) in [5.41, 5.74) is 2.67. The molecule has 0 unspecified atom stereocenters. The summed E-state index contributed by atoms with van der Waals surface area (Å²) in [5.74, 6) is -0.895. The van der Waals surface area contributed by atoms with Gasteiger partial charge in [-0.3, -0.25) is 19.4 Å². The molecule has 0 atom stereocenters. The third kappa shape index (κ3) is 3.37. The molecule has 0 bridgehead atoms. The van der Waals surface area contributed by atoms with E-state index in [1.807, 2.05) is 62.4 Å². The molecule has 1 saturated heterocycles. The molecule has 1 aliphatic heterocycles. The summed E-state index contributed by atoms with van der Waals surface area (Å²) in [6, 6.07) is 15.0. The second-order valence-corrected chi connectivity index (χ2v) is 7.42. The number of benzene rings is 2. The number of amides is 4. The minimum Gasteiger partial charge on any atom is -0.273 e. The van der Waals surface area contributed by atoms with Crippen LogP contribution in [-0.2, 0) is 22.4 Å². The van der Waals surface area contributed by atoms with Crippen LogP contribution in [0.4, 0.5) is 4.79 Å². The highest BCUT2D eigenvalue weighted by atomic mass is 16.2. The largest absolute Gasteiger partial charge is 0.332 e. The van der Waals surface area contributed by atoms with Gasteiger partial charge in [0.2, 0.25) is 11.8 Å². The van der Waals surface area contributed by atoms with Crippen LogP contribution in [0.2, 0.25) is 0 Å². The SMILES string of the molecule is Cc1ccc(CC2(Cc3ccc(C)cc3)C(=O)N(C)C(=O)N(C)C2=O)cc1. The minimum absolute atomic E-state index is 0.251. The Labute approximate surface area is 159 Å². The van der Waals surface area contributed by atoms with Gasteiger partial charge in [0, 0.05) is 14.1 Å². The molecule has 1 aliphatic rings. The predicted molar refractivity (Wildman–Crippen MR) is 103 cm³/mol. The van der Waals surface area contributed by atoms with Crippen molar-refractivity contribution >= 4 is 17.8 Å². The van der Waals surface area contributed by atoms with E-state index in [2.05, 4.69) is 0 Å². The van der Waals surface area contributed by atoms with Gasteiger partial charge in [-0.1, -0.05) is 59.7 Å². The number of aryl methyl sites for hydroxylation is 2. The Bertz CT molecular complexity index is 811. The normalized spacial score (nSPS) is 16.8. The van der Waals surface area contributed by atoms with E-state index < -0.39 is 23.3 Å². The summed E-state index contributed by atoms with van der Waals surface area (Å²) in [5, 5.41) is 0. The third-order valence-corrected chi connectivity index (χ3v) is 5.25. The number of carbonyl (C=O) groups is 3. The van der Waals surface area contributed by atoms with Crippen molar-refractivity contribution in [1.29, 1.82) is 0 Å². The summed E-state index contributed by atoms with van der Waals surface area (Å²) in [4.78, 5) is 40.8. The van der Waals surface area contributed by atoms with Crippen molar-refractivity contribution < 1.29 is 14.4 Å². The van der Waals surface area contributed by atoms with Gasteiger partial charge < -0.3 is 0 Å². The Morgan fingerprint density at radius 2 is 1.00 bits per heavy atom. The molecular formula is C22H24N2O3. The maximum atomic E-state index is 13.2. The third-order valence-electron chi connectivity index (χ3n) is 5.25. The van der Waals surface area contributed by atoms with Crippen LogP contribution in [0.3, 0.4) is 0 Å². The van der Waals surface area contributed by atoms with Crippen molar-refractivity contribution in [2.45, 2.75) is 26.7 Å². The van der Waals surface area contributed by atoms with Crippen molar-refractivity contribution in [3.63, 3.8) is 0 Å². The molecule has 0 aromatic heterocycles. The summed E-state index contributed by atoms with van der Waals surface area (Å²) in [6.45, 7) is 3.98. The molecule has 2 aromatic rings. The van der Waals surface area contributed by atoms with E-state index in [1.54, 1.807) is 0 Å². The van der Waals surface area contributed by atoms with Gasteiger partial charge in [-0.15, -0.1) is 0 Å². The van der Waals surface area contributed by atoms with Gasteiger partial charge in [0.05, 0.1) is 0 Å². The minimum atomic E-state index is -1.33. The van der Waals surface area contributed by atoms with Crippen LogP contribution in [0, 0.1) is 19.3 Å². The van der Waals surface area contributed by atoms with E-state index in [9.17, 15) is 14.4 Å². The second-order valence-electron chi connectivity index (χ2n) is 7.42. The van der Waals surface area contributed by atoms with Gasteiger partial charge in [0.15, 0.2) is 0 Å². The summed E-state index contributed by atoms with van der Waals surface area (Å²) >= 11 is 0. The lowest BCUT2D eigenvalue weighted by Crippen LogP contribution is -2.64. The first kappa shape index (κ1) is 18.8. The Morgan fingerprint density at radius 3 is 1.33 bits per heavy atom. The molecule has 3 rings (SSSR count). The predicted octanol–water partition coefficient (Wildman–Crippen LogP) is 3.13. The van der Waals surface area contributed by atoms with Crippen LogP contribution in [0.1, 0.15) is 22.3 Å². The van der Waals surface area contributed by atoms with E-state index in [0.29, 0.717) is 0 Å². The molecule has 5 nitrogen and oxygen atoms in total. The molecular weight excluding hydrogens is 340 g/mol. The van der Waals surface area contributed by atoms with E-state index in [4.69, 9.17) is 0 Å². The highest BCUT2D eigenvalue weighted by Crippen LogP contribution is 2.36. The quantitative estimate of drug-likeness (QED) is 0.783. The molecule has 0 saturated carbocycles. The Balaban J connectivity index is 2.08. The molecule has 1 heterocycles. The number of hydrogen-bond acceptors (Lipinski definition) is 3. The summed E-state index contributed by atoms with van der Waals surface area (Å²) in [6.07, 6.45) is 0.502. The van der Waals surface area contributed by atoms with Gasteiger partial charge in [0.25, 0.3) is 0 Å². The number of barbiturate groups is 1. The van der Waals surface area contributed by atoms with Crippen molar-refractivity contribution in [2.75, 3.05) is 14.1 Å². The van der Waals surface area contributed by atoms with Gasteiger partial charge in [-0.2, -0.15) is 0 Å². The zero-order valence-corrected chi connectivity index (χ0v) is 16.2. The highest BCUT2D eigenvalue weighted by Gasteiger charge is 2.55. The number of carbonyl (C=O) groups excluding carboxylic acids is 3. The lowest BCUT2D eigenvalue weighted by atomic mass is 9.73. The maximum Gasteiger partial charge on any atom is 0.332 e. The molecule has 0 N–H and O–H groups in total. The maximum absolute atomic E-state index is 13.2. The van der Waals surface area contributed by atoms with E-state index in [0.717, 1.165) is 32.1 Å². The van der Waals surface area contributed by atoms with Gasteiger partial charge in [0.1, 0.15) is 5.41 Å². The van der Waals surface area contributed by atoms with Crippen LogP contribution in [0.25, 0.3) is 0 Å². The number of hydrogen-bond donors (Lipinski definition) is 0. The first-order valence-electron chi connectivity index (χ1n) is 8.96. The lowest BCUT2D eigenvalue weighted by Gasteiger charge is -2.42. The fourth-order valence-corrected chi connectivity index (χ4v) is 3.61. The van der Waals surface area contributed by atoms with Crippen LogP contribution in [0.5, 0.6) is 0 Å². The molecule has 0 aliphatic carbocycles. The number of rotatable bonds is 4. The summed E-state index contributed by atoms with van der Waals surface area (Å²) < 4.78 is 0. The Kier molecular flexibility index (Phi) is 4.87. The molecule has 2 aromatic carbocycles. The highest BCUT2D eigenvalue weighted by molar-refractivity contribution is 6.19. The lowest BCUT2D eigenvalue weighted by molar-refractivity contribution is -0.157.